The molecule has 116 valence electrons. The summed E-state index contributed by atoms with van der Waals surface area (Å²) in [7, 11) is 0. The zero-order valence-electron chi connectivity index (χ0n) is 11.6. The highest BCUT2D eigenvalue weighted by Gasteiger charge is 2.24. The molecule has 0 aliphatic carbocycles. The van der Waals surface area contributed by atoms with Crippen LogP contribution in [0.1, 0.15) is 15.9 Å². The minimum atomic E-state index is -1.42. The van der Waals surface area contributed by atoms with E-state index in [1.807, 2.05) is 0 Å². The summed E-state index contributed by atoms with van der Waals surface area (Å²) >= 11 is 0.895. The Morgan fingerprint density at radius 3 is 2.18 bits per heavy atom. The number of carbonyl (C=O) groups is 1. The van der Waals surface area contributed by atoms with Gasteiger partial charge in [0.15, 0.2) is 11.6 Å². The van der Waals surface area contributed by atoms with E-state index in [0.717, 1.165) is 11.8 Å². The van der Waals surface area contributed by atoms with Crippen molar-refractivity contribution >= 4 is 17.7 Å². The number of aromatic carboxylic acids is 1. The van der Waals surface area contributed by atoms with Gasteiger partial charge < -0.3 is 9.84 Å². The van der Waals surface area contributed by atoms with E-state index in [0.29, 0.717) is 0 Å². The molecule has 0 aliphatic rings. The third-order valence-corrected chi connectivity index (χ3v) is 3.88. The van der Waals surface area contributed by atoms with Crippen LogP contribution in [0.5, 0.6) is 11.5 Å². The first-order valence-corrected chi connectivity index (χ1v) is 7.31. The number of thioether (sulfide) groups is 1. The van der Waals surface area contributed by atoms with Crippen LogP contribution in [0.4, 0.5) is 13.2 Å². The van der Waals surface area contributed by atoms with E-state index in [9.17, 15) is 18.0 Å². The Bertz CT molecular complexity index is 701. The maximum Gasteiger partial charge on any atom is 0.335 e. The molecule has 0 saturated carbocycles. The summed E-state index contributed by atoms with van der Waals surface area (Å²) in [5.74, 6) is -5.59. The first-order valence-electron chi connectivity index (χ1n) is 6.09. The molecule has 0 saturated heterocycles. The Hall–Kier alpha value is -2.15. The molecule has 0 unspecified atom stereocenters. The molecule has 1 N–H and O–H groups in total. The van der Waals surface area contributed by atoms with Crippen LogP contribution >= 0.6 is 11.8 Å². The van der Waals surface area contributed by atoms with E-state index in [1.165, 1.54) is 37.4 Å². The first-order chi connectivity index (χ1) is 10.4. The fourth-order valence-corrected chi connectivity index (χ4v) is 2.51. The number of carboxylic acid groups (broad SMARTS) is 1. The van der Waals surface area contributed by atoms with Gasteiger partial charge in [-0.25, -0.2) is 13.6 Å². The number of hydrogen-bond donors (Lipinski definition) is 1. The maximum absolute atomic E-state index is 14.1. The number of halogens is 3. The molecule has 0 heterocycles. The topological polar surface area (TPSA) is 46.5 Å². The highest BCUT2D eigenvalue weighted by atomic mass is 32.2. The minimum absolute atomic E-state index is 0.00139. The Morgan fingerprint density at radius 1 is 1.09 bits per heavy atom. The summed E-state index contributed by atoms with van der Waals surface area (Å²) in [5, 5.41) is 8.77. The van der Waals surface area contributed by atoms with Gasteiger partial charge in [-0.1, -0.05) is 0 Å². The molecule has 2 aromatic rings. The van der Waals surface area contributed by atoms with Crippen molar-refractivity contribution in [3.8, 4) is 11.5 Å². The van der Waals surface area contributed by atoms with Crippen LogP contribution in [0.3, 0.4) is 0 Å². The molecular formula is C15H11F3O3S. The lowest BCUT2D eigenvalue weighted by atomic mass is 10.2. The van der Waals surface area contributed by atoms with E-state index in [2.05, 4.69) is 0 Å². The molecule has 0 aliphatic heterocycles. The van der Waals surface area contributed by atoms with E-state index < -0.39 is 29.2 Å². The third-order valence-electron chi connectivity index (χ3n) is 2.99. The van der Waals surface area contributed by atoms with Crippen LogP contribution in [0.15, 0.2) is 29.2 Å². The average molecular weight is 328 g/mol. The summed E-state index contributed by atoms with van der Waals surface area (Å²) in [5.41, 5.74) is -0.0584. The van der Waals surface area contributed by atoms with E-state index >= 15 is 0 Å². The number of ether oxygens (including phenoxy) is 1. The maximum atomic E-state index is 14.1. The Balaban J connectivity index is 2.43. The molecule has 0 aromatic heterocycles. The zero-order valence-corrected chi connectivity index (χ0v) is 12.4. The lowest BCUT2D eigenvalue weighted by Gasteiger charge is -2.13. The predicted molar refractivity (Wildman–Crippen MR) is 76.3 cm³/mol. The van der Waals surface area contributed by atoms with Crippen LogP contribution in [0.25, 0.3) is 0 Å². The van der Waals surface area contributed by atoms with Crippen molar-refractivity contribution in [1.82, 2.24) is 0 Å². The highest BCUT2D eigenvalue weighted by molar-refractivity contribution is 7.98. The summed E-state index contributed by atoms with van der Waals surface area (Å²) in [6, 6.07) is 4.90. The van der Waals surface area contributed by atoms with Gasteiger partial charge in [0.25, 0.3) is 0 Å². The van der Waals surface area contributed by atoms with Crippen molar-refractivity contribution in [2.24, 2.45) is 0 Å². The fraction of sp³-hybridized carbons (Fsp3) is 0.133. The molecule has 0 atom stereocenters. The highest BCUT2D eigenvalue weighted by Crippen LogP contribution is 2.37. The molecule has 0 fully saturated rings. The number of benzene rings is 2. The van der Waals surface area contributed by atoms with Gasteiger partial charge in [0.1, 0.15) is 5.75 Å². The van der Waals surface area contributed by atoms with E-state index in [4.69, 9.17) is 9.84 Å². The van der Waals surface area contributed by atoms with Crippen molar-refractivity contribution < 1.29 is 27.8 Å². The van der Waals surface area contributed by atoms with E-state index in [1.54, 1.807) is 0 Å². The lowest BCUT2D eigenvalue weighted by molar-refractivity contribution is 0.0697. The lowest BCUT2D eigenvalue weighted by Crippen LogP contribution is -2.02. The summed E-state index contributed by atoms with van der Waals surface area (Å²) in [6.45, 7) is 1.32. The van der Waals surface area contributed by atoms with Crippen LogP contribution in [-0.2, 0) is 0 Å². The molecule has 3 nitrogen and oxygen atoms in total. The Morgan fingerprint density at radius 2 is 1.68 bits per heavy atom. The number of carboxylic acids is 1. The summed E-state index contributed by atoms with van der Waals surface area (Å²) in [6.07, 6.45) is 1.51. The third kappa shape index (κ3) is 2.89. The molecule has 0 bridgehead atoms. The molecule has 22 heavy (non-hydrogen) atoms. The second-order valence-corrected chi connectivity index (χ2v) is 5.18. The Labute approximate surface area is 128 Å². The van der Waals surface area contributed by atoms with Crippen LogP contribution in [-0.4, -0.2) is 17.3 Å². The largest absolute Gasteiger partial charge is 0.478 e. The van der Waals surface area contributed by atoms with Gasteiger partial charge in [-0.3, -0.25) is 0 Å². The first kappa shape index (κ1) is 16.2. The van der Waals surface area contributed by atoms with Crippen molar-refractivity contribution in [2.75, 3.05) is 6.26 Å². The predicted octanol–water partition coefficient (Wildman–Crippen LogP) is 4.62. The van der Waals surface area contributed by atoms with Crippen molar-refractivity contribution in [1.29, 1.82) is 0 Å². The van der Waals surface area contributed by atoms with Gasteiger partial charge >= 0.3 is 5.97 Å². The smallest absolute Gasteiger partial charge is 0.335 e. The van der Waals surface area contributed by atoms with Gasteiger partial charge in [0, 0.05) is 5.56 Å². The van der Waals surface area contributed by atoms with Crippen molar-refractivity contribution in [3.05, 3.63) is 52.8 Å². The van der Waals surface area contributed by atoms with Gasteiger partial charge in [-0.15, -0.1) is 11.8 Å². The summed E-state index contributed by atoms with van der Waals surface area (Å²) < 4.78 is 47.0. The van der Waals surface area contributed by atoms with Gasteiger partial charge in [-0.2, -0.15) is 4.39 Å². The molecule has 0 spiro atoms. The van der Waals surface area contributed by atoms with Crippen LogP contribution < -0.4 is 4.74 Å². The molecule has 2 aromatic carbocycles. The van der Waals surface area contributed by atoms with E-state index in [-0.39, 0.29) is 21.8 Å². The quantitative estimate of drug-likeness (QED) is 0.657. The van der Waals surface area contributed by atoms with Gasteiger partial charge in [0.05, 0.1) is 10.5 Å². The Kier molecular flexibility index (Phi) is 4.65. The number of hydrogen-bond acceptors (Lipinski definition) is 3. The van der Waals surface area contributed by atoms with Gasteiger partial charge in [-0.05, 0) is 37.4 Å². The molecule has 0 amide bonds. The zero-order chi connectivity index (χ0) is 16.4. The fourth-order valence-electron chi connectivity index (χ4n) is 1.85. The molecule has 2 rings (SSSR count). The van der Waals surface area contributed by atoms with Crippen molar-refractivity contribution in [3.63, 3.8) is 0 Å². The molecule has 0 radical (unpaired) electrons. The standard InChI is InChI=1S/C15H11F3O3S/c1-7-10(16)13(11(17)12(18)14(7)22-2)21-9-5-3-8(4-6-9)15(19)20/h3-6H,1-2H3,(H,19,20). The molecular weight excluding hydrogens is 317 g/mol. The van der Waals surface area contributed by atoms with Crippen LogP contribution in [0.2, 0.25) is 0 Å². The van der Waals surface area contributed by atoms with Crippen LogP contribution in [0, 0.1) is 24.4 Å². The van der Waals surface area contributed by atoms with Gasteiger partial charge in [0.2, 0.25) is 11.6 Å². The minimum Gasteiger partial charge on any atom is -0.478 e. The van der Waals surface area contributed by atoms with Crippen molar-refractivity contribution in [2.45, 2.75) is 11.8 Å². The average Bonchev–Trinajstić information content (AvgIpc) is 2.50. The second kappa shape index (κ2) is 6.31. The normalized spacial score (nSPS) is 10.6. The summed E-state index contributed by atoms with van der Waals surface area (Å²) in [4.78, 5) is 10.6. The monoisotopic (exact) mass is 328 g/mol. The molecule has 7 heteroatoms. The SMILES string of the molecule is CSc1c(C)c(F)c(Oc2ccc(C(=O)O)cc2)c(F)c1F. The second-order valence-electron chi connectivity index (χ2n) is 4.36. The number of rotatable bonds is 4.